The zero-order chi connectivity index (χ0) is 19.0. The van der Waals surface area contributed by atoms with Crippen molar-refractivity contribution in [1.29, 1.82) is 0 Å². The summed E-state index contributed by atoms with van der Waals surface area (Å²) in [7, 11) is 5.54. The SMILES string of the molecule is CCOCCNC(=NC)NCc1cccc(OCCN(C)CCOC)c1. The van der Waals surface area contributed by atoms with Gasteiger partial charge in [-0.15, -0.1) is 0 Å². The third-order valence-corrected chi connectivity index (χ3v) is 3.74. The van der Waals surface area contributed by atoms with Crippen LogP contribution in [-0.4, -0.2) is 78.1 Å². The van der Waals surface area contributed by atoms with Crippen LogP contribution in [0.3, 0.4) is 0 Å². The zero-order valence-corrected chi connectivity index (χ0v) is 16.6. The van der Waals surface area contributed by atoms with Crippen LogP contribution in [0.5, 0.6) is 5.75 Å². The quantitative estimate of drug-likeness (QED) is 0.312. The number of hydrogen-bond donors (Lipinski definition) is 2. The third-order valence-electron chi connectivity index (χ3n) is 3.74. The van der Waals surface area contributed by atoms with Gasteiger partial charge in [0.05, 0.1) is 13.2 Å². The molecule has 0 spiro atoms. The molecule has 148 valence electrons. The van der Waals surface area contributed by atoms with Gasteiger partial charge in [-0.25, -0.2) is 0 Å². The van der Waals surface area contributed by atoms with Gasteiger partial charge >= 0.3 is 0 Å². The van der Waals surface area contributed by atoms with Gasteiger partial charge in [0.2, 0.25) is 0 Å². The molecule has 1 aromatic carbocycles. The highest BCUT2D eigenvalue weighted by Crippen LogP contribution is 2.13. The Morgan fingerprint density at radius 3 is 2.69 bits per heavy atom. The van der Waals surface area contributed by atoms with E-state index in [1.807, 2.05) is 19.1 Å². The number of benzene rings is 1. The van der Waals surface area contributed by atoms with Crippen molar-refractivity contribution in [3.05, 3.63) is 29.8 Å². The largest absolute Gasteiger partial charge is 0.492 e. The lowest BCUT2D eigenvalue weighted by Crippen LogP contribution is -2.38. The van der Waals surface area contributed by atoms with E-state index in [1.165, 1.54) is 0 Å². The maximum Gasteiger partial charge on any atom is 0.191 e. The molecule has 0 fully saturated rings. The van der Waals surface area contributed by atoms with Crippen molar-refractivity contribution in [2.24, 2.45) is 4.99 Å². The van der Waals surface area contributed by atoms with E-state index in [1.54, 1.807) is 14.2 Å². The number of hydrogen-bond acceptors (Lipinski definition) is 5. The molecular weight excluding hydrogens is 332 g/mol. The minimum Gasteiger partial charge on any atom is -0.492 e. The summed E-state index contributed by atoms with van der Waals surface area (Å²) in [5, 5.41) is 6.51. The zero-order valence-electron chi connectivity index (χ0n) is 16.6. The van der Waals surface area contributed by atoms with Gasteiger partial charge in [-0.05, 0) is 31.7 Å². The highest BCUT2D eigenvalue weighted by Gasteiger charge is 2.02. The summed E-state index contributed by atoms with van der Waals surface area (Å²) in [5.74, 6) is 1.64. The molecule has 0 saturated heterocycles. The van der Waals surface area contributed by atoms with Crippen molar-refractivity contribution in [2.75, 3.05) is 67.3 Å². The van der Waals surface area contributed by atoms with E-state index in [2.05, 4.69) is 39.7 Å². The maximum absolute atomic E-state index is 5.85. The Bertz CT molecular complexity index is 511. The molecular formula is C19H34N4O3. The van der Waals surface area contributed by atoms with Gasteiger partial charge < -0.3 is 29.7 Å². The maximum atomic E-state index is 5.85. The van der Waals surface area contributed by atoms with Crippen molar-refractivity contribution in [2.45, 2.75) is 13.5 Å². The lowest BCUT2D eigenvalue weighted by atomic mass is 10.2. The second-order valence-corrected chi connectivity index (χ2v) is 5.84. The van der Waals surface area contributed by atoms with Gasteiger partial charge in [0, 0.05) is 46.9 Å². The average Bonchev–Trinajstić information content (AvgIpc) is 2.66. The first-order valence-corrected chi connectivity index (χ1v) is 9.11. The number of rotatable bonds is 13. The molecule has 0 aliphatic heterocycles. The van der Waals surface area contributed by atoms with Crippen LogP contribution in [0.2, 0.25) is 0 Å². The normalized spacial score (nSPS) is 11.7. The van der Waals surface area contributed by atoms with E-state index in [0.29, 0.717) is 19.8 Å². The number of ether oxygens (including phenoxy) is 3. The molecule has 1 aromatic rings. The summed E-state index contributed by atoms with van der Waals surface area (Å²) in [4.78, 5) is 6.40. The Morgan fingerprint density at radius 2 is 1.96 bits per heavy atom. The fourth-order valence-corrected chi connectivity index (χ4v) is 2.22. The Hall–Kier alpha value is -1.83. The minimum atomic E-state index is 0.651. The molecule has 7 heteroatoms. The van der Waals surface area contributed by atoms with Gasteiger partial charge in [-0.3, -0.25) is 4.99 Å². The van der Waals surface area contributed by atoms with Gasteiger partial charge in [-0.2, -0.15) is 0 Å². The molecule has 0 aliphatic carbocycles. The smallest absolute Gasteiger partial charge is 0.191 e. The molecule has 0 unspecified atom stereocenters. The van der Waals surface area contributed by atoms with Crippen LogP contribution in [-0.2, 0) is 16.0 Å². The molecule has 0 aromatic heterocycles. The van der Waals surface area contributed by atoms with Crippen molar-refractivity contribution in [3.63, 3.8) is 0 Å². The first-order valence-electron chi connectivity index (χ1n) is 9.11. The van der Waals surface area contributed by atoms with Crippen molar-refractivity contribution in [3.8, 4) is 5.75 Å². The van der Waals surface area contributed by atoms with Crippen molar-refractivity contribution >= 4 is 5.96 Å². The van der Waals surface area contributed by atoms with Crippen LogP contribution in [0.15, 0.2) is 29.3 Å². The van der Waals surface area contributed by atoms with Crippen LogP contribution >= 0.6 is 0 Å². The number of likely N-dealkylation sites (N-methyl/N-ethyl adjacent to an activating group) is 1. The number of nitrogens with zero attached hydrogens (tertiary/aromatic N) is 2. The van der Waals surface area contributed by atoms with Gasteiger partial charge in [0.25, 0.3) is 0 Å². The summed E-state index contributed by atoms with van der Waals surface area (Å²) in [6.07, 6.45) is 0. The monoisotopic (exact) mass is 366 g/mol. The Balaban J connectivity index is 2.34. The van der Waals surface area contributed by atoms with Crippen molar-refractivity contribution in [1.82, 2.24) is 15.5 Å². The van der Waals surface area contributed by atoms with E-state index < -0.39 is 0 Å². The van der Waals surface area contributed by atoms with Crippen LogP contribution in [0.25, 0.3) is 0 Å². The van der Waals surface area contributed by atoms with Gasteiger partial charge in [0.15, 0.2) is 5.96 Å². The highest BCUT2D eigenvalue weighted by atomic mass is 16.5. The summed E-state index contributed by atoms with van der Waals surface area (Å²) in [5.41, 5.74) is 1.14. The molecule has 0 amide bonds. The van der Waals surface area contributed by atoms with Crippen molar-refractivity contribution < 1.29 is 14.2 Å². The highest BCUT2D eigenvalue weighted by molar-refractivity contribution is 5.79. The number of nitrogens with one attached hydrogen (secondary N) is 2. The molecule has 0 radical (unpaired) electrons. The second-order valence-electron chi connectivity index (χ2n) is 5.84. The summed E-state index contributed by atoms with van der Waals surface area (Å²) in [6, 6.07) is 8.10. The molecule has 0 saturated carbocycles. The molecule has 2 N–H and O–H groups in total. The Morgan fingerprint density at radius 1 is 1.15 bits per heavy atom. The Kier molecular flexibility index (Phi) is 12.3. The number of guanidine groups is 1. The standard InChI is InChI=1S/C19H34N4O3/c1-5-25-12-9-21-19(20-2)22-16-17-7-6-8-18(15-17)26-14-11-23(3)10-13-24-4/h6-8,15H,5,9-14,16H2,1-4H3,(H2,20,21,22). The summed E-state index contributed by atoms with van der Waals surface area (Å²) < 4.78 is 16.2. The summed E-state index contributed by atoms with van der Waals surface area (Å²) in [6.45, 7) is 7.94. The van der Waals surface area contributed by atoms with E-state index in [4.69, 9.17) is 14.2 Å². The number of methoxy groups -OCH3 is 1. The topological polar surface area (TPSA) is 67.3 Å². The van der Waals surface area contributed by atoms with E-state index in [9.17, 15) is 0 Å². The predicted octanol–water partition coefficient (Wildman–Crippen LogP) is 1.35. The lowest BCUT2D eigenvalue weighted by Gasteiger charge is -2.16. The minimum absolute atomic E-state index is 0.651. The van der Waals surface area contributed by atoms with E-state index >= 15 is 0 Å². The first-order chi connectivity index (χ1) is 12.7. The molecule has 0 aliphatic rings. The third kappa shape index (κ3) is 10.2. The molecule has 0 bridgehead atoms. The Labute approximate surface area is 157 Å². The number of aliphatic imine (C=N–C) groups is 1. The van der Waals surface area contributed by atoms with Crippen LogP contribution in [0.1, 0.15) is 12.5 Å². The van der Waals surface area contributed by atoms with Crippen LogP contribution in [0.4, 0.5) is 0 Å². The lowest BCUT2D eigenvalue weighted by molar-refractivity contribution is 0.150. The molecule has 7 nitrogen and oxygen atoms in total. The first kappa shape index (κ1) is 22.2. The van der Waals surface area contributed by atoms with Gasteiger partial charge in [0.1, 0.15) is 12.4 Å². The fraction of sp³-hybridized carbons (Fsp3) is 0.632. The van der Waals surface area contributed by atoms with E-state index in [0.717, 1.165) is 50.1 Å². The van der Waals surface area contributed by atoms with Crippen LogP contribution in [0, 0.1) is 0 Å². The molecule has 0 atom stereocenters. The van der Waals surface area contributed by atoms with Gasteiger partial charge in [-0.1, -0.05) is 12.1 Å². The van der Waals surface area contributed by atoms with Crippen LogP contribution < -0.4 is 15.4 Å². The fourth-order valence-electron chi connectivity index (χ4n) is 2.22. The predicted molar refractivity (Wildman–Crippen MR) is 106 cm³/mol. The molecule has 1 rings (SSSR count). The molecule has 26 heavy (non-hydrogen) atoms. The van der Waals surface area contributed by atoms with E-state index in [-0.39, 0.29) is 0 Å². The summed E-state index contributed by atoms with van der Waals surface area (Å²) >= 11 is 0. The average molecular weight is 367 g/mol. The second kappa shape index (κ2) is 14.4. The molecule has 0 heterocycles.